The summed E-state index contributed by atoms with van der Waals surface area (Å²) in [5.41, 5.74) is 0. The molecule has 0 unspecified atom stereocenters. The quantitative estimate of drug-likeness (QED) is 0.803. The normalized spacial score (nSPS) is 12.8. The summed E-state index contributed by atoms with van der Waals surface area (Å²) in [6.07, 6.45) is -0.645. The van der Waals surface area contributed by atoms with Gasteiger partial charge in [-0.2, -0.15) is 0 Å². The van der Waals surface area contributed by atoms with Gasteiger partial charge < -0.3 is 19.8 Å². The molecule has 0 aliphatic heterocycles. The van der Waals surface area contributed by atoms with Crippen LogP contribution >= 0.6 is 23.2 Å². The highest BCUT2D eigenvalue weighted by molar-refractivity contribution is 6.35. The molecule has 0 aromatic heterocycles. The summed E-state index contributed by atoms with van der Waals surface area (Å²) < 4.78 is 5.40. The van der Waals surface area contributed by atoms with Gasteiger partial charge in [-0.05, 0) is 25.2 Å². The maximum atomic E-state index is 9.74. The van der Waals surface area contributed by atoms with Gasteiger partial charge in [0.1, 0.15) is 18.5 Å². The standard InChI is InChI=1S/C12H17Cl2NO3/c1-15(4-5-16)7-10(17)8-18-12-3-2-9(13)6-11(12)14/h2-3,6,10,16-17H,4-5,7-8H2,1H3/t10-/m1/s1. The fourth-order valence-electron chi connectivity index (χ4n) is 1.45. The van der Waals surface area contributed by atoms with Gasteiger partial charge in [-0.15, -0.1) is 0 Å². The van der Waals surface area contributed by atoms with Crippen LogP contribution in [0.3, 0.4) is 0 Å². The molecule has 4 nitrogen and oxygen atoms in total. The van der Waals surface area contributed by atoms with Gasteiger partial charge in [0.15, 0.2) is 0 Å². The molecule has 6 heteroatoms. The maximum absolute atomic E-state index is 9.74. The Morgan fingerprint density at radius 2 is 2.11 bits per heavy atom. The zero-order chi connectivity index (χ0) is 13.5. The van der Waals surface area contributed by atoms with Crippen LogP contribution in [0.25, 0.3) is 0 Å². The Labute approximate surface area is 117 Å². The SMILES string of the molecule is CN(CCO)C[C@@H](O)COc1ccc(Cl)cc1Cl. The lowest BCUT2D eigenvalue weighted by atomic mass is 10.3. The number of halogens is 2. The van der Waals surface area contributed by atoms with E-state index in [1.54, 1.807) is 18.2 Å². The van der Waals surface area contributed by atoms with Crippen LogP contribution in [0.5, 0.6) is 5.75 Å². The van der Waals surface area contributed by atoms with Gasteiger partial charge in [0, 0.05) is 18.1 Å². The van der Waals surface area contributed by atoms with E-state index < -0.39 is 6.10 Å². The lowest BCUT2D eigenvalue weighted by Crippen LogP contribution is -2.34. The monoisotopic (exact) mass is 293 g/mol. The molecule has 0 bridgehead atoms. The number of nitrogens with zero attached hydrogens (tertiary/aromatic N) is 1. The first-order valence-electron chi connectivity index (χ1n) is 5.58. The molecule has 1 aromatic rings. The smallest absolute Gasteiger partial charge is 0.138 e. The summed E-state index contributed by atoms with van der Waals surface area (Å²) in [7, 11) is 1.81. The molecule has 18 heavy (non-hydrogen) atoms. The van der Waals surface area contributed by atoms with E-state index in [1.807, 2.05) is 11.9 Å². The largest absolute Gasteiger partial charge is 0.489 e. The minimum absolute atomic E-state index is 0.0626. The van der Waals surface area contributed by atoms with Crippen molar-refractivity contribution in [2.24, 2.45) is 0 Å². The zero-order valence-electron chi connectivity index (χ0n) is 10.1. The Kier molecular flexibility index (Phi) is 6.75. The Hall–Kier alpha value is -0.520. The van der Waals surface area contributed by atoms with E-state index in [2.05, 4.69) is 0 Å². The van der Waals surface area contributed by atoms with Crippen molar-refractivity contribution in [1.82, 2.24) is 4.90 Å². The van der Waals surface area contributed by atoms with E-state index in [1.165, 1.54) is 0 Å². The first kappa shape index (κ1) is 15.5. The molecular weight excluding hydrogens is 277 g/mol. The van der Waals surface area contributed by atoms with Crippen LogP contribution in [0.1, 0.15) is 0 Å². The van der Waals surface area contributed by atoms with Gasteiger partial charge in [0.05, 0.1) is 11.6 Å². The summed E-state index contributed by atoms with van der Waals surface area (Å²) in [5, 5.41) is 19.4. The van der Waals surface area contributed by atoms with E-state index >= 15 is 0 Å². The van der Waals surface area contributed by atoms with Crippen molar-refractivity contribution in [1.29, 1.82) is 0 Å². The molecule has 0 saturated carbocycles. The second kappa shape index (κ2) is 7.81. The van der Waals surface area contributed by atoms with Gasteiger partial charge in [0.25, 0.3) is 0 Å². The lowest BCUT2D eigenvalue weighted by Gasteiger charge is -2.20. The number of aliphatic hydroxyl groups excluding tert-OH is 2. The molecule has 0 aliphatic rings. The average molecular weight is 294 g/mol. The maximum Gasteiger partial charge on any atom is 0.138 e. The van der Waals surface area contributed by atoms with E-state index in [0.29, 0.717) is 28.9 Å². The summed E-state index contributed by atoms with van der Waals surface area (Å²) >= 11 is 11.7. The first-order chi connectivity index (χ1) is 8.52. The predicted octanol–water partition coefficient (Wildman–Crippen LogP) is 1.66. The van der Waals surface area contributed by atoms with Gasteiger partial charge in [-0.25, -0.2) is 0 Å². The fourth-order valence-corrected chi connectivity index (χ4v) is 1.92. The third-order valence-corrected chi connectivity index (χ3v) is 2.86. The van der Waals surface area contributed by atoms with E-state index in [9.17, 15) is 5.11 Å². The second-order valence-corrected chi connectivity index (χ2v) is 4.87. The molecule has 0 radical (unpaired) electrons. The number of benzene rings is 1. The van der Waals surface area contributed by atoms with Gasteiger partial charge in [0.2, 0.25) is 0 Å². The highest BCUT2D eigenvalue weighted by Crippen LogP contribution is 2.27. The van der Waals surface area contributed by atoms with Crippen LogP contribution < -0.4 is 4.74 Å². The molecule has 0 heterocycles. The molecule has 1 atom stereocenters. The number of ether oxygens (including phenoxy) is 1. The van der Waals surface area contributed by atoms with Crippen LogP contribution in [0.15, 0.2) is 18.2 Å². The molecule has 2 N–H and O–H groups in total. The van der Waals surface area contributed by atoms with Crippen molar-refractivity contribution in [3.05, 3.63) is 28.2 Å². The van der Waals surface area contributed by atoms with Gasteiger partial charge >= 0.3 is 0 Å². The molecule has 1 aromatic carbocycles. The number of likely N-dealkylation sites (N-methyl/N-ethyl adjacent to an activating group) is 1. The van der Waals surface area contributed by atoms with Gasteiger partial charge in [-0.1, -0.05) is 23.2 Å². The van der Waals surface area contributed by atoms with Gasteiger partial charge in [-0.3, -0.25) is 0 Å². The topological polar surface area (TPSA) is 52.9 Å². The summed E-state index contributed by atoms with van der Waals surface area (Å²) in [6, 6.07) is 4.92. The highest BCUT2D eigenvalue weighted by atomic mass is 35.5. The van der Waals surface area contributed by atoms with Crippen molar-refractivity contribution in [3.8, 4) is 5.75 Å². The molecule has 1 rings (SSSR count). The molecular formula is C12H17Cl2NO3. The predicted molar refractivity (Wildman–Crippen MR) is 72.5 cm³/mol. The second-order valence-electron chi connectivity index (χ2n) is 4.03. The number of rotatable bonds is 7. The molecule has 102 valence electrons. The van der Waals surface area contributed by atoms with Crippen molar-refractivity contribution >= 4 is 23.2 Å². The summed E-state index contributed by atoms with van der Waals surface area (Å²) in [5.74, 6) is 0.491. The van der Waals surface area contributed by atoms with Crippen molar-refractivity contribution in [2.45, 2.75) is 6.10 Å². The van der Waals surface area contributed by atoms with Crippen LogP contribution in [0.2, 0.25) is 10.0 Å². The van der Waals surface area contributed by atoms with Crippen LogP contribution in [0, 0.1) is 0 Å². The number of hydrogen-bond acceptors (Lipinski definition) is 4. The first-order valence-corrected chi connectivity index (χ1v) is 6.34. The molecule has 0 spiro atoms. The minimum Gasteiger partial charge on any atom is -0.489 e. The summed E-state index contributed by atoms with van der Waals surface area (Å²) in [6.45, 7) is 1.13. The molecule has 0 amide bonds. The zero-order valence-corrected chi connectivity index (χ0v) is 11.7. The Morgan fingerprint density at radius 1 is 1.39 bits per heavy atom. The average Bonchev–Trinajstić information content (AvgIpc) is 2.28. The summed E-state index contributed by atoms with van der Waals surface area (Å²) in [4.78, 5) is 1.82. The third-order valence-electron chi connectivity index (χ3n) is 2.33. The number of aliphatic hydroxyl groups is 2. The minimum atomic E-state index is -0.645. The van der Waals surface area contributed by atoms with Crippen LogP contribution in [-0.4, -0.2) is 54.6 Å². The molecule has 0 fully saturated rings. The van der Waals surface area contributed by atoms with Crippen LogP contribution in [0.4, 0.5) is 0 Å². The fraction of sp³-hybridized carbons (Fsp3) is 0.500. The van der Waals surface area contributed by atoms with Crippen molar-refractivity contribution in [3.63, 3.8) is 0 Å². The van der Waals surface area contributed by atoms with Crippen LogP contribution in [-0.2, 0) is 0 Å². The molecule has 0 saturated heterocycles. The van der Waals surface area contributed by atoms with Crippen molar-refractivity contribution in [2.75, 3.05) is 33.4 Å². The number of hydrogen-bond donors (Lipinski definition) is 2. The van der Waals surface area contributed by atoms with E-state index in [4.69, 9.17) is 33.0 Å². The Bertz CT molecular complexity index is 376. The van der Waals surface area contributed by atoms with E-state index in [-0.39, 0.29) is 13.2 Å². The highest BCUT2D eigenvalue weighted by Gasteiger charge is 2.10. The van der Waals surface area contributed by atoms with E-state index in [0.717, 1.165) is 0 Å². The molecule has 0 aliphatic carbocycles. The lowest BCUT2D eigenvalue weighted by molar-refractivity contribution is 0.0711. The third kappa shape index (κ3) is 5.42. The Balaban J connectivity index is 2.40. The van der Waals surface area contributed by atoms with Crippen molar-refractivity contribution < 1.29 is 14.9 Å². The Morgan fingerprint density at radius 3 is 2.72 bits per heavy atom.